The lowest BCUT2D eigenvalue weighted by Crippen LogP contribution is -2.46. The van der Waals surface area contributed by atoms with Crippen LogP contribution in [0.2, 0.25) is 0 Å². The highest BCUT2D eigenvalue weighted by molar-refractivity contribution is 6.35. The minimum atomic E-state index is -0.750. The summed E-state index contributed by atoms with van der Waals surface area (Å²) in [6.07, 6.45) is -0.917. The maximum absolute atomic E-state index is 11.4. The van der Waals surface area contributed by atoms with Crippen LogP contribution in [-0.4, -0.2) is 49.5 Å². The summed E-state index contributed by atoms with van der Waals surface area (Å²) in [7, 11) is 3.01. The Kier molecular flexibility index (Phi) is 3.48. The Hall–Kier alpha value is -1.79. The topological polar surface area (TPSA) is 80.2 Å². The number of hydrogen-bond acceptors (Lipinski definition) is 5. The molecule has 1 N–H and O–H groups in total. The second-order valence-electron chi connectivity index (χ2n) is 3.14. The third-order valence-electron chi connectivity index (χ3n) is 1.79. The Balaban J connectivity index is 2.66. The van der Waals surface area contributed by atoms with Crippen LogP contribution in [0.5, 0.6) is 0 Å². The molecule has 15 heavy (non-hydrogen) atoms. The van der Waals surface area contributed by atoms with Gasteiger partial charge in [-0.15, -0.1) is 0 Å². The van der Waals surface area contributed by atoms with Gasteiger partial charge in [0.05, 0.1) is 6.54 Å². The largest absolute Gasteiger partial charge is 0.467 e. The maximum Gasteiger partial charge on any atom is 0.433 e. The van der Waals surface area contributed by atoms with E-state index in [-0.39, 0.29) is 12.0 Å². The van der Waals surface area contributed by atoms with Crippen molar-refractivity contribution in [1.82, 2.24) is 10.2 Å². The molecule has 0 aromatic carbocycles. The third-order valence-corrected chi connectivity index (χ3v) is 1.79. The number of morpholine rings is 1. The average Bonchev–Trinajstić information content (AvgIpc) is 2.20. The van der Waals surface area contributed by atoms with Gasteiger partial charge in [0.1, 0.15) is 6.10 Å². The van der Waals surface area contributed by atoms with Gasteiger partial charge in [-0.3, -0.25) is 9.63 Å². The van der Waals surface area contributed by atoms with Gasteiger partial charge in [0, 0.05) is 14.1 Å². The van der Waals surface area contributed by atoms with E-state index in [0.717, 1.165) is 0 Å². The molecule has 0 spiro atoms. The first-order valence-electron chi connectivity index (χ1n) is 4.43. The van der Waals surface area contributed by atoms with E-state index in [1.54, 1.807) is 14.0 Å². The predicted molar refractivity (Wildman–Crippen MR) is 51.2 cm³/mol. The molecule has 1 aliphatic heterocycles. The van der Waals surface area contributed by atoms with Crippen molar-refractivity contribution in [2.45, 2.75) is 13.0 Å². The molecule has 84 valence electrons. The molecule has 7 heteroatoms. The Morgan fingerprint density at radius 3 is 3.00 bits per heavy atom. The first-order chi connectivity index (χ1) is 7.04. The molecular formula is C8H13N3O4. The van der Waals surface area contributed by atoms with Crippen LogP contribution >= 0.6 is 0 Å². The van der Waals surface area contributed by atoms with Crippen LogP contribution in [-0.2, 0) is 14.4 Å². The van der Waals surface area contributed by atoms with Crippen molar-refractivity contribution in [3.05, 3.63) is 0 Å². The highest BCUT2D eigenvalue weighted by Gasteiger charge is 2.28. The summed E-state index contributed by atoms with van der Waals surface area (Å²) in [5, 5.41) is 5.52. The number of rotatable bonds is 1. The lowest BCUT2D eigenvalue weighted by molar-refractivity contribution is -0.129. The molecule has 1 saturated heterocycles. The lowest BCUT2D eigenvalue weighted by atomic mass is 10.3. The lowest BCUT2D eigenvalue weighted by Gasteiger charge is -2.28. The Morgan fingerprint density at radius 2 is 2.40 bits per heavy atom. The van der Waals surface area contributed by atoms with Crippen molar-refractivity contribution >= 4 is 17.9 Å². The Bertz CT molecular complexity index is 302. The first-order valence-corrected chi connectivity index (χ1v) is 4.43. The van der Waals surface area contributed by atoms with Gasteiger partial charge in [0.25, 0.3) is 0 Å². The first kappa shape index (κ1) is 11.3. The Morgan fingerprint density at radius 1 is 1.73 bits per heavy atom. The summed E-state index contributed by atoms with van der Waals surface area (Å²) in [5.41, 5.74) is 0. The van der Waals surface area contributed by atoms with Crippen molar-refractivity contribution in [2.24, 2.45) is 5.16 Å². The van der Waals surface area contributed by atoms with Crippen LogP contribution in [0.25, 0.3) is 0 Å². The minimum absolute atomic E-state index is 0.167. The van der Waals surface area contributed by atoms with Gasteiger partial charge in [0.15, 0.2) is 0 Å². The van der Waals surface area contributed by atoms with Crippen LogP contribution < -0.4 is 5.32 Å². The fourth-order valence-corrected chi connectivity index (χ4v) is 1.10. The number of ether oxygens (including phenoxy) is 1. The van der Waals surface area contributed by atoms with E-state index in [2.05, 4.69) is 15.3 Å². The van der Waals surface area contributed by atoms with Crippen LogP contribution in [0.4, 0.5) is 4.79 Å². The number of oxime groups is 1. The fourth-order valence-electron chi connectivity index (χ4n) is 1.10. The SMILES string of the molecule is CNC(=O)ON=C1OC(C)CN(C)C1=O. The van der Waals surface area contributed by atoms with Crippen molar-refractivity contribution < 1.29 is 19.2 Å². The van der Waals surface area contributed by atoms with E-state index < -0.39 is 12.0 Å². The molecule has 0 aromatic rings. The molecule has 0 aliphatic carbocycles. The van der Waals surface area contributed by atoms with Crippen LogP contribution in [0.1, 0.15) is 6.92 Å². The predicted octanol–water partition coefficient (Wildman–Crippen LogP) is -0.467. The number of amides is 2. The van der Waals surface area contributed by atoms with Gasteiger partial charge in [-0.2, -0.15) is 0 Å². The van der Waals surface area contributed by atoms with E-state index in [1.807, 2.05) is 0 Å². The molecule has 0 bridgehead atoms. The summed E-state index contributed by atoms with van der Waals surface area (Å²) >= 11 is 0. The van der Waals surface area contributed by atoms with Gasteiger partial charge in [-0.1, -0.05) is 0 Å². The summed E-state index contributed by atoms with van der Waals surface area (Å²) < 4.78 is 5.12. The van der Waals surface area contributed by atoms with Crippen LogP contribution in [0.15, 0.2) is 5.16 Å². The average molecular weight is 215 g/mol. The fraction of sp³-hybridized carbons (Fsp3) is 0.625. The molecule has 0 aromatic heterocycles. The van der Waals surface area contributed by atoms with Crippen molar-refractivity contribution in [3.63, 3.8) is 0 Å². The van der Waals surface area contributed by atoms with Crippen molar-refractivity contribution in [1.29, 1.82) is 0 Å². The molecule has 1 unspecified atom stereocenters. The van der Waals surface area contributed by atoms with E-state index in [4.69, 9.17) is 4.74 Å². The normalized spacial score (nSPS) is 23.7. The molecule has 1 rings (SSSR count). The van der Waals surface area contributed by atoms with E-state index in [9.17, 15) is 9.59 Å². The van der Waals surface area contributed by atoms with E-state index in [1.165, 1.54) is 11.9 Å². The van der Waals surface area contributed by atoms with Gasteiger partial charge >= 0.3 is 17.9 Å². The summed E-state index contributed by atoms with van der Waals surface area (Å²) in [4.78, 5) is 27.9. The zero-order valence-electron chi connectivity index (χ0n) is 8.81. The second kappa shape index (κ2) is 4.63. The van der Waals surface area contributed by atoms with Crippen molar-refractivity contribution in [2.75, 3.05) is 20.6 Å². The molecule has 0 radical (unpaired) electrons. The zero-order valence-corrected chi connectivity index (χ0v) is 8.81. The highest BCUT2D eigenvalue weighted by Crippen LogP contribution is 2.06. The zero-order chi connectivity index (χ0) is 11.4. The van der Waals surface area contributed by atoms with Crippen LogP contribution in [0.3, 0.4) is 0 Å². The second-order valence-corrected chi connectivity index (χ2v) is 3.14. The molecule has 1 heterocycles. The number of carbonyl (C=O) groups is 2. The molecule has 7 nitrogen and oxygen atoms in total. The Labute approximate surface area is 87.0 Å². The molecular weight excluding hydrogens is 202 g/mol. The number of nitrogens with one attached hydrogen (secondary N) is 1. The van der Waals surface area contributed by atoms with E-state index in [0.29, 0.717) is 6.54 Å². The summed E-state index contributed by atoms with van der Waals surface area (Å²) in [5.74, 6) is -0.614. The summed E-state index contributed by atoms with van der Waals surface area (Å²) in [6, 6.07) is 0. The van der Waals surface area contributed by atoms with Gasteiger partial charge in [-0.25, -0.2) is 4.79 Å². The van der Waals surface area contributed by atoms with Gasteiger partial charge < -0.3 is 15.0 Å². The standard InChI is InChI=1S/C8H13N3O4/c1-5-4-11(3)7(12)6(14-5)10-15-8(13)9-2/h5H,4H2,1-3H3,(H,9,13). The van der Waals surface area contributed by atoms with Crippen LogP contribution in [0, 0.1) is 0 Å². The van der Waals surface area contributed by atoms with Gasteiger partial charge in [-0.05, 0) is 12.1 Å². The molecule has 1 fully saturated rings. The smallest absolute Gasteiger partial charge is 0.433 e. The maximum atomic E-state index is 11.4. The summed E-state index contributed by atoms with van der Waals surface area (Å²) in [6.45, 7) is 2.27. The monoisotopic (exact) mass is 215 g/mol. The molecule has 0 saturated carbocycles. The molecule has 2 amide bonds. The number of nitrogens with zero attached hydrogens (tertiary/aromatic N) is 2. The quantitative estimate of drug-likeness (QED) is 0.474. The number of carbonyl (C=O) groups excluding carboxylic acids is 2. The minimum Gasteiger partial charge on any atom is -0.467 e. The highest BCUT2D eigenvalue weighted by atomic mass is 16.7. The van der Waals surface area contributed by atoms with Crippen molar-refractivity contribution in [3.8, 4) is 0 Å². The van der Waals surface area contributed by atoms with E-state index >= 15 is 0 Å². The molecule has 1 aliphatic rings. The molecule has 1 atom stereocenters. The third kappa shape index (κ3) is 2.83. The number of likely N-dealkylation sites (N-methyl/N-ethyl adjacent to an activating group) is 1. The number of hydrogen-bond donors (Lipinski definition) is 1. The van der Waals surface area contributed by atoms with Gasteiger partial charge in [0.2, 0.25) is 0 Å².